The number of anilines is 3. The Hall–Kier alpha value is -8.72. The molecular formula is C64H42N2. The van der Waals surface area contributed by atoms with Crippen LogP contribution in [-0.2, 0) is 0 Å². The number of rotatable bonds is 8. The van der Waals surface area contributed by atoms with Gasteiger partial charge in [-0.1, -0.05) is 218 Å². The molecule has 0 N–H and O–H groups in total. The number of nitrogens with zero attached hydrogens (tertiary/aromatic N) is 2. The van der Waals surface area contributed by atoms with Crippen LogP contribution >= 0.6 is 0 Å². The molecule has 66 heavy (non-hydrogen) atoms. The minimum atomic E-state index is 1.08. The topological polar surface area (TPSA) is 8.17 Å². The summed E-state index contributed by atoms with van der Waals surface area (Å²) in [6.45, 7) is 0. The highest BCUT2D eigenvalue weighted by molar-refractivity contribution is 6.28. The van der Waals surface area contributed by atoms with Crippen LogP contribution in [0.2, 0.25) is 0 Å². The quantitative estimate of drug-likeness (QED) is 0.138. The average Bonchev–Trinajstić information content (AvgIpc) is 3.73. The van der Waals surface area contributed by atoms with Gasteiger partial charge in [0.15, 0.2) is 0 Å². The Labute approximate surface area is 383 Å². The van der Waals surface area contributed by atoms with Crippen LogP contribution in [0.4, 0.5) is 17.1 Å². The van der Waals surface area contributed by atoms with E-state index in [0.717, 1.165) is 44.9 Å². The van der Waals surface area contributed by atoms with Crippen molar-refractivity contribution in [1.29, 1.82) is 0 Å². The van der Waals surface area contributed by atoms with Crippen LogP contribution in [0.15, 0.2) is 255 Å². The number of aromatic nitrogens is 1. The summed E-state index contributed by atoms with van der Waals surface area (Å²) < 4.78 is 2.46. The van der Waals surface area contributed by atoms with Crippen molar-refractivity contribution >= 4 is 71.2 Å². The molecule has 0 aliphatic carbocycles. The van der Waals surface area contributed by atoms with Crippen molar-refractivity contribution in [3.05, 3.63) is 255 Å². The summed E-state index contributed by atoms with van der Waals surface area (Å²) in [5, 5.41) is 9.93. The summed E-state index contributed by atoms with van der Waals surface area (Å²) in [6.07, 6.45) is 0. The molecule has 12 aromatic carbocycles. The maximum absolute atomic E-state index is 2.54. The Morgan fingerprint density at radius 3 is 1.35 bits per heavy atom. The fraction of sp³-hybridized carbons (Fsp3) is 0. The second-order valence-corrected chi connectivity index (χ2v) is 17.2. The molecule has 0 aliphatic rings. The van der Waals surface area contributed by atoms with E-state index in [4.69, 9.17) is 0 Å². The van der Waals surface area contributed by atoms with Gasteiger partial charge in [0.25, 0.3) is 0 Å². The summed E-state index contributed by atoms with van der Waals surface area (Å²) in [5.41, 5.74) is 16.3. The van der Waals surface area contributed by atoms with E-state index in [9.17, 15) is 0 Å². The predicted octanol–water partition coefficient (Wildman–Crippen LogP) is 17.8. The van der Waals surface area contributed by atoms with Crippen molar-refractivity contribution in [1.82, 2.24) is 4.57 Å². The Morgan fingerprint density at radius 1 is 0.288 bits per heavy atom. The molecule has 0 radical (unpaired) electrons. The van der Waals surface area contributed by atoms with Gasteiger partial charge < -0.3 is 9.47 Å². The molecule has 0 spiro atoms. The molecule has 0 bridgehead atoms. The Kier molecular flexibility index (Phi) is 8.89. The van der Waals surface area contributed by atoms with Gasteiger partial charge in [0.2, 0.25) is 0 Å². The normalized spacial score (nSPS) is 11.6. The van der Waals surface area contributed by atoms with Crippen LogP contribution < -0.4 is 4.90 Å². The Balaban J connectivity index is 1.12. The first kappa shape index (κ1) is 37.8. The molecule has 0 unspecified atom stereocenters. The summed E-state index contributed by atoms with van der Waals surface area (Å²) in [6, 6.07) is 93.4. The van der Waals surface area contributed by atoms with Gasteiger partial charge in [-0.3, -0.25) is 0 Å². The lowest BCUT2D eigenvalue weighted by Gasteiger charge is -2.32. The van der Waals surface area contributed by atoms with E-state index in [2.05, 4.69) is 264 Å². The molecule has 308 valence electrons. The second-order valence-electron chi connectivity index (χ2n) is 17.2. The molecular weight excluding hydrogens is 797 g/mol. The van der Waals surface area contributed by atoms with Crippen molar-refractivity contribution in [2.75, 3.05) is 4.90 Å². The molecule has 0 saturated heterocycles. The van der Waals surface area contributed by atoms with E-state index in [0.29, 0.717) is 0 Å². The summed E-state index contributed by atoms with van der Waals surface area (Å²) in [4.78, 5) is 2.54. The van der Waals surface area contributed by atoms with Gasteiger partial charge in [-0.25, -0.2) is 0 Å². The third kappa shape index (κ3) is 6.04. The number of hydrogen-bond acceptors (Lipinski definition) is 1. The molecule has 2 heteroatoms. The largest absolute Gasteiger partial charge is 0.309 e. The van der Waals surface area contributed by atoms with Crippen molar-refractivity contribution in [3.63, 3.8) is 0 Å². The van der Waals surface area contributed by atoms with E-state index < -0.39 is 0 Å². The van der Waals surface area contributed by atoms with Gasteiger partial charge >= 0.3 is 0 Å². The highest BCUT2D eigenvalue weighted by Crippen LogP contribution is 2.51. The van der Waals surface area contributed by atoms with Crippen molar-refractivity contribution in [2.45, 2.75) is 0 Å². The average molecular weight is 839 g/mol. The monoisotopic (exact) mass is 838 g/mol. The van der Waals surface area contributed by atoms with E-state index in [1.54, 1.807) is 0 Å². The van der Waals surface area contributed by atoms with Gasteiger partial charge in [-0.05, 0) is 91.3 Å². The smallest absolute Gasteiger partial charge is 0.0618 e. The first-order valence-corrected chi connectivity index (χ1v) is 22.8. The minimum Gasteiger partial charge on any atom is -0.309 e. The van der Waals surface area contributed by atoms with Crippen LogP contribution in [0, 0.1) is 0 Å². The Bertz CT molecular complexity index is 3810. The first-order chi connectivity index (χ1) is 32.8. The highest BCUT2D eigenvalue weighted by Gasteiger charge is 2.26. The first-order valence-electron chi connectivity index (χ1n) is 22.8. The fourth-order valence-electron chi connectivity index (χ4n) is 10.6. The molecule has 0 saturated carbocycles. The molecule has 0 fully saturated rings. The molecule has 1 heterocycles. The fourth-order valence-corrected chi connectivity index (χ4v) is 10.6. The summed E-state index contributed by atoms with van der Waals surface area (Å²) in [7, 11) is 0. The van der Waals surface area contributed by atoms with Gasteiger partial charge in [-0.15, -0.1) is 0 Å². The van der Waals surface area contributed by atoms with Gasteiger partial charge in [0.1, 0.15) is 0 Å². The number of fused-ring (bicyclic) bond motifs is 3. The lowest BCUT2D eigenvalue weighted by Crippen LogP contribution is -2.13. The van der Waals surface area contributed by atoms with Gasteiger partial charge in [0.05, 0.1) is 28.1 Å². The Morgan fingerprint density at radius 2 is 0.727 bits per heavy atom. The van der Waals surface area contributed by atoms with Gasteiger partial charge in [-0.2, -0.15) is 0 Å². The van der Waals surface area contributed by atoms with E-state index in [1.807, 2.05) is 0 Å². The molecule has 2 nitrogen and oxygen atoms in total. The second kappa shape index (κ2) is 15.5. The maximum atomic E-state index is 2.54. The third-order valence-electron chi connectivity index (χ3n) is 13.5. The van der Waals surface area contributed by atoms with E-state index in [-0.39, 0.29) is 0 Å². The van der Waals surface area contributed by atoms with Crippen molar-refractivity contribution in [2.24, 2.45) is 0 Å². The maximum Gasteiger partial charge on any atom is 0.0618 e. The zero-order valence-corrected chi connectivity index (χ0v) is 36.1. The number of para-hydroxylation sites is 3. The summed E-state index contributed by atoms with van der Waals surface area (Å²) in [5.74, 6) is 0. The molecule has 0 aliphatic heterocycles. The van der Waals surface area contributed by atoms with Crippen LogP contribution in [0.25, 0.3) is 104 Å². The SMILES string of the molecule is c1ccc(-c2ccccc2-c2cccc(N(c3c(-c4ccccc4)cccc3-c3ccccc3)c3ccc4ccc5c(-n6c7ccccc7c7ccccc76)ccc6ccc3c4c65)c2)cc1. The van der Waals surface area contributed by atoms with E-state index >= 15 is 0 Å². The predicted molar refractivity (Wildman–Crippen MR) is 281 cm³/mol. The van der Waals surface area contributed by atoms with E-state index in [1.165, 1.54) is 76.5 Å². The lowest BCUT2D eigenvalue weighted by atomic mass is 9.90. The van der Waals surface area contributed by atoms with Crippen molar-refractivity contribution < 1.29 is 0 Å². The third-order valence-corrected chi connectivity index (χ3v) is 13.5. The zero-order chi connectivity index (χ0) is 43.6. The standard InChI is InChI=1S/C64H42N2/c1-4-18-43(19-5-1)50-26-10-11-27-51(50)48-24-16-25-49(42-48)65(64-52(44-20-6-2-7-21-44)30-17-31-53(64)45-22-8-3-9-23-45)60-40-36-46-35-39-57-61(41-37-47-34-38-56(60)62(46)63(47)57)66-58-32-14-12-28-54(58)55-29-13-15-33-59(55)66/h1-42H. The molecule has 0 atom stereocenters. The highest BCUT2D eigenvalue weighted by atomic mass is 15.1. The van der Waals surface area contributed by atoms with Crippen LogP contribution in [0.5, 0.6) is 0 Å². The molecule has 13 aromatic rings. The summed E-state index contributed by atoms with van der Waals surface area (Å²) >= 11 is 0. The van der Waals surface area contributed by atoms with Crippen LogP contribution in [0.1, 0.15) is 0 Å². The van der Waals surface area contributed by atoms with Crippen LogP contribution in [0.3, 0.4) is 0 Å². The molecule has 1 aromatic heterocycles. The minimum absolute atomic E-state index is 1.08. The lowest BCUT2D eigenvalue weighted by molar-refractivity contribution is 1.20. The molecule has 13 rings (SSSR count). The molecule has 0 amide bonds. The number of benzene rings is 12. The van der Waals surface area contributed by atoms with Gasteiger partial charge in [0, 0.05) is 38.4 Å². The van der Waals surface area contributed by atoms with Crippen LogP contribution in [-0.4, -0.2) is 4.57 Å². The zero-order valence-electron chi connectivity index (χ0n) is 36.1. The number of hydrogen-bond donors (Lipinski definition) is 0. The van der Waals surface area contributed by atoms with Crippen molar-refractivity contribution in [3.8, 4) is 50.2 Å².